The first-order valence-electron chi connectivity index (χ1n) is 10.6. The van der Waals surface area contributed by atoms with E-state index in [4.69, 9.17) is 4.74 Å². The Morgan fingerprint density at radius 2 is 1.71 bits per heavy atom. The summed E-state index contributed by atoms with van der Waals surface area (Å²) in [5.74, 6) is 0.893. The number of piperazine rings is 1. The van der Waals surface area contributed by atoms with Crippen LogP contribution in [0.4, 0.5) is 0 Å². The van der Waals surface area contributed by atoms with Crippen molar-refractivity contribution in [2.75, 3.05) is 46.4 Å². The molecule has 0 spiro atoms. The number of rotatable bonds is 6. The summed E-state index contributed by atoms with van der Waals surface area (Å²) >= 11 is 0. The summed E-state index contributed by atoms with van der Waals surface area (Å²) < 4.78 is 32.3. The number of nitrogens with zero attached hydrogens (tertiary/aromatic N) is 3. The van der Waals surface area contributed by atoms with Crippen LogP contribution in [0.5, 0.6) is 5.75 Å². The monoisotopic (exact) mass is 443 g/mol. The lowest BCUT2D eigenvalue weighted by molar-refractivity contribution is -0.133. The first-order valence-corrected chi connectivity index (χ1v) is 12.2. The summed E-state index contributed by atoms with van der Waals surface area (Å²) in [5.41, 5.74) is 3.29. The van der Waals surface area contributed by atoms with Crippen LogP contribution in [0.3, 0.4) is 0 Å². The van der Waals surface area contributed by atoms with Crippen molar-refractivity contribution < 1.29 is 17.9 Å². The molecule has 2 aromatic carbocycles. The van der Waals surface area contributed by atoms with Gasteiger partial charge in [-0.05, 0) is 35.2 Å². The molecule has 1 saturated heterocycles. The number of hydrogen-bond donors (Lipinski definition) is 0. The number of sulfonamides is 1. The lowest BCUT2D eigenvalue weighted by atomic mass is 9.99. The van der Waals surface area contributed by atoms with E-state index in [1.807, 2.05) is 42.5 Å². The maximum atomic E-state index is 12.8. The summed E-state index contributed by atoms with van der Waals surface area (Å²) in [5, 5.41) is 0. The van der Waals surface area contributed by atoms with E-state index in [0.717, 1.165) is 30.8 Å². The first kappa shape index (κ1) is 21.8. The number of amides is 1. The minimum Gasteiger partial charge on any atom is -0.497 e. The van der Waals surface area contributed by atoms with Gasteiger partial charge in [0.2, 0.25) is 15.9 Å². The van der Waals surface area contributed by atoms with Crippen LogP contribution >= 0.6 is 0 Å². The van der Waals surface area contributed by atoms with Gasteiger partial charge >= 0.3 is 0 Å². The fraction of sp³-hybridized carbons (Fsp3) is 0.435. The molecule has 0 unspecified atom stereocenters. The quantitative estimate of drug-likeness (QED) is 0.680. The van der Waals surface area contributed by atoms with E-state index in [1.54, 1.807) is 12.0 Å². The van der Waals surface area contributed by atoms with E-state index >= 15 is 0 Å². The van der Waals surface area contributed by atoms with E-state index in [-0.39, 0.29) is 11.7 Å². The van der Waals surface area contributed by atoms with Crippen molar-refractivity contribution in [1.82, 2.24) is 14.1 Å². The maximum Gasteiger partial charge on any atom is 0.236 e. The summed E-state index contributed by atoms with van der Waals surface area (Å²) in [7, 11) is -1.72. The molecule has 0 aromatic heterocycles. The molecule has 1 fully saturated rings. The Morgan fingerprint density at radius 1 is 0.968 bits per heavy atom. The van der Waals surface area contributed by atoms with Crippen molar-refractivity contribution >= 4 is 15.9 Å². The molecule has 166 valence electrons. The molecular weight excluding hydrogens is 414 g/mol. The summed E-state index contributed by atoms with van der Waals surface area (Å²) in [6.07, 6.45) is 0.915. The molecule has 1 amide bonds. The Bertz CT molecular complexity index is 1020. The normalized spacial score (nSPS) is 17.9. The molecule has 0 aliphatic carbocycles. The number of ether oxygens (including phenoxy) is 1. The van der Waals surface area contributed by atoms with Crippen LogP contribution < -0.4 is 4.74 Å². The number of methoxy groups -OCH3 is 1. The van der Waals surface area contributed by atoms with Gasteiger partial charge in [-0.2, -0.15) is 4.31 Å². The van der Waals surface area contributed by atoms with Gasteiger partial charge in [0.05, 0.1) is 19.4 Å². The molecule has 8 heteroatoms. The standard InChI is InChI=1S/C23H29N3O4S/c1-30-22-8-7-20-9-10-24(16-21(20)15-22)17-23(27)25-11-13-26(14-12-25)31(28,29)18-19-5-3-2-4-6-19/h2-8,15H,9-14,16-18H2,1H3. The summed E-state index contributed by atoms with van der Waals surface area (Å²) in [6, 6.07) is 15.3. The predicted octanol–water partition coefficient (Wildman–Crippen LogP) is 1.73. The SMILES string of the molecule is COc1ccc2c(c1)CN(CC(=O)N1CCN(S(=O)(=O)Cc3ccccc3)CC1)CC2. The van der Waals surface area contributed by atoms with Crippen LogP contribution in [0.2, 0.25) is 0 Å². The van der Waals surface area contributed by atoms with Crippen LogP contribution in [-0.2, 0) is 33.5 Å². The minimum atomic E-state index is -3.38. The highest BCUT2D eigenvalue weighted by atomic mass is 32.2. The smallest absolute Gasteiger partial charge is 0.236 e. The highest BCUT2D eigenvalue weighted by Crippen LogP contribution is 2.24. The van der Waals surface area contributed by atoms with Gasteiger partial charge in [-0.25, -0.2) is 8.42 Å². The highest BCUT2D eigenvalue weighted by Gasteiger charge is 2.30. The van der Waals surface area contributed by atoms with Gasteiger partial charge < -0.3 is 9.64 Å². The molecule has 7 nitrogen and oxygen atoms in total. The fourth-order valence-corrected chi connectivity index (χ4v) is 5.75. The lowest BCUT2D eigenvalue weighted by Crippen LogP contribution is -2.53. The van der Waals surface area contributed by atoms with E-state index in [9.17, 15) is 13.2 Å². The Labute approximate surface area is 184 Å². The third-order valence-corrected chi connectivity index (χ3v) is 7.89. The summed E-state index contributed by atoms with van der Waals surface area (Å²) in [6.45, 7) is 3.49. The van der Waals surface area contributed by atoms with E-state index in [0.29, 0.717) is 32.7 Å². The van der Waals surface area contributed by atoms with Gasteiger partial charge in [0, 0.05) is 39.3 Å². The molecule has 2 aliphatic rings. The number of benzene rings is 2. The van der Waals surface area contributed by atoms with E-state index in [1.165, 1.54) is 15.4 Å². The second kappa shape index (κ2) is 9.38. The van der Waals surface area contributed by atoms with E-state index < -0.39 is 10.0 Å². The van der Waals surface area contributed by atoms with Crippen LogP contribution in [0, 0.1) is 0 Å². The van der Waals surface area contributed by atoms with Gasteiger partial charge in [0.15, 0.2) is 0 Å². The topological polar surface area (TPSA) is 70.2 Å². The average Bonchev–Trinajstić information content (AvgIpc) is 2.79. The van der Waals surface area contributed by atoms with Gasteiger partial charge in [-0.15, -0.1) is 0 Å². The van der Waals surface area contributed by atoms with Crippen LogP contribution in [0.15, 0.2) is 48.5 Å². The van der Waals surface area contributed by atoms with E-state index in [2.05, 4.69) is 11.0 Å². The molecule has 2 aliphatic heterocycles. The molecule has 0 bridgehead atoms. The Morgan fingerprint density at radius 3 is 2.42 bits per heavy atom. The van der Waals surface area contributed by atoms with Crippen molar-refractivity contribution in [3.05, 3.63) is 65.2 Å². The number of carbonyl (C=O) groups is 1. The van der Waals surface area contributed by atoms with Crippen LogP contribution in [0.25, 0.3) is 0 Å². The molecule has 0 N–H and O–H groups in total. The fourth-order valence-electron chi connectivity index (χ4n) is 4.24. The average molecular weight is 444 g/mol. The van der Waals surface area contributed by atoms with Crippen LogP contribution in [-0.4, -0.2) is 74.8 Å². The number of carbonyl (C=O) groups excluding carboxylic acids is 1. The molecule has 31 heavy (non-hydrogen) atoms. The second-order valence-electron chi connectivity index (χ2n) is 8.12. The van der Waals surface area contributed by atoms with Gasteiger partial charge in [0.25, 0.3) is 0 Å². The Kier molecular flexibility index (Phi) is 6.60. The Balaban J connectivity index is 1.29. The zero-order valence-electron chi connectivity index (χ0n) is 17.9. The molecule has 0 radical (unpaired) electrons. The lowest BCUT2D eigenvalue weighted by Gasteiger charge is -2.36. The second-order valence-corrected chi connectivity index (χ2v) is 10.1. The number of fused-ring (bicyclic) bond motifs is 1. The largest absolute Gasteiger partial charge is 0.497 e. The van der Waals surface area contributed by atoms with Crippen molar-refractivity contribution in [3.63, 3.8) is 0 Å². The zero-order chi connectivity index (χ0) is 21.8. The van der Waals surface area contributed by atoms with Gasteiger partial charge in [-0.3, -0.25) is 9.69 Å². The highest BCUT2D eigenvalue weighted by molar-refractivity contribution is 7.88. The third-order valence-electron chi connectivity index (χ3n) is 6.04. The first-order chi connectivity index (χ1) is 14.9. The van der Waals surface area contributed by atoms with Crippen LogP contribution in [0.1, 0.15) is 16.7 Å². The van der Waals surface area contributed by atoms with Gasteiger partial charge in [-0.1, -0.05) is 36.4 Å². The summed E-state index contributed by atoms with van der Waals surface area (Å²) in [4.78, 5) is 16.8. The number of hydrogen-bond acceptors (Lipinski definition) is 5. The predicted molar refractivity (Wildman–Crippen MR) is 119 cm³/mol. The molecular formula is C23H29N3O4S. The third kappa shape index (κ3) is 5.26. The minimum absolute atomic E-state index is 0.00155. The van der Waals surface area contributed by atoms with Crippen molar-refractivity contribution in [3.8, 4) is 5.75 Å². The molecule has 2 heterocycles. The molecule has 4 rings (SSSR count). The Hall–Kier alpha value is -2.42. The van der Waals surface area contributed by atoms with Crippen molar-refractivity contribution in [2.24, 2.45) is 0 Å². The molecule has 2 aromatic rings. The zero-order valence-corrected chi connectivity index (χ0v) is 18.7. The maximum absolute atomic E-state index is 12.8. The molecule has 0 saturated carbocycles. The van der Waals surface area contributed by atoms with Crippen molar-refractivity contribution in [1.29, 1.82) is 0 Å². The molecule has 0 atom stereocenters. The van der Waals surface area contributed by atoms with Gasteiger partial charge in [0.1, 0.15) is 5.75 Å². The van der Waals surface area contributed by atoms with Crippen molar-refractivity contribution in [2.45, 2.75) is 18.7 Å².